The largest absolute Gasteiger partial charge is 0.444 e. The van der Waals surface area contributed by atoms with Gasteiger partial charge in [0.2, 0.25) is 5.89 Å². The lowest BCUT2D eigenvalue weighted by Gasteiger charge is -2.13. The van der Waals surface area contributed by atoms with E-state index in [1.165, 1.54) is 0 Å². The Labute approximate surface area is 123 Å². The van der Waals surface area contributed by atoms with Gasteiger partial charge in [-0.2, -0.15) is 0 Å². The third kappa shape index (κ3) is 4.06. The summed E-state index contributed by atoms with van der Waals surface area (Å²) in [6.45, 7) is 5.26. The lowest BCUT2D eigenvalue weighted by Crippen LogP contribution is -2.31. The molecule has 2 aromatic rings. The van der Waals surface area contributed by atoms with Gasteiger partial charge in [0.25, 0.3) is 0 Å². The van der Waals surface area contributed by atoms with Crippen molar-refractivity contribution in [3.8, 4) is 0 Å². The molecule has 0 aliphatic carbocycles. The molecule has 21 heavy (non-hydrogen) atoms. The monoisotopic (exact) mass is 289 g/mol. The lowest BCUT2D eigenvalue weighted by molar-refractivity contribution is 0.199. The number of oxazole rings is 1. The SMILES string of the molecule is Cc1cnc(C(C)NC(=O)Nc2cccc(C(C)O)c2)o1. The van der Waals surface area contributed by atoms with E-state index in [0.29, 0.717) is 17.3 Å². The Morgan fingerprint density at radius 2 is 2.14 bits per heavy atom. The first-order valence-corrected chi connectivity index (χ1v) is 6.73. The van der Waals surface area contributed by atoms with E-state index in [2.05, 4.69) is 15.6 Å². The number of urea groups is 1. The Morgan fingerprint density at radius 3 is 2.76 bits per heavy atom. The van der Waals surface area contributed by atoms with E-state index in [9.17, 15) is 9.90 Å². The number of carbonyl (C=O) groups is 1. The van der Waals surface area contributed by atoms with Crippen molar-refractivity contribution in [2.24, 2.45) is 0 Å². The molecular weight excluding hydrogens is 270 g/mol. The van der Waals surface area contributed by atoms with Gasteiger partial charge in [-0.3, -0.25) is 0 Å². The molecule has 2 unspecified atom stereocenters. The molecule has 0 fully saturated rings. The second-order valence-electron chi connectivity index (χ2n) is 4.93. The standard InChI is InChI=1S/C15H19N3O3/c1-9-8-16-14(21-9)10(2)17-15(20)18-13-6-4-5-12(7-13)11(3)19/h4-8,10-11,19H,1-3H3,(H2,17,18,20). The number of nitrogens with zero attached hydrogens (tertiary/aromatic N) is 1. The van der Waals surface area contributed by atoms with E-state index in [1.807, 2.05) is 0 Å². The number of benzene rings is 1. The van der Waals surface area contributed by atoms with Crippen molar-refractivity contribution < 1.29 is 14.3 Å². The van der Waals surface area contributed by atoms with Crippen molar-refractivity contribution in [1.29, 1.82) is 0 Å². The average molecular weight is 289 g/mol. The van der Waals surface area contributed by atoms with Gasteiger partial charge < -0.3 is 20.2 Å². The Balaban J connectivity index is 1.97. The van der Waals surface area contributed by atoms with Crippen molar-refractivity contribution in [1.82, 2.24) is 10.3 Å². The van der Waals surface area contributed by atoms with Crippen molar-refractivity contribution >= 4 is 11.7 Å². The second kappa shape index (κ2) is 6.41. The zero-order chi connectivity index (χ0) is 15.4. The average Bonchev–Trinajstić information content (AvgIpc) is 2.85. The summed E-state index contributed by atoms with van der Waals surface area (Å²) in [6, 6.07) is 6.36. The van der Waals surface area contributed by atoms with Crippen molar-refractivity contribution in [3.63, 3.8) is 0 Å². The third-order valence-electron chi connectivity index (χ3n) is 2.98. The quantitative estimate of drug-likeness (QED) is 0.807. The predicted molar refractivity (Wildman–Crippen MR) is 78.9 cm³/mol. The number of nitrogens with one attached hydrogen (secondary N) is 2. The lowest BCUT2D eigenvalue weighted by atomic mass is 10.1. The van der Waals surface area contributed by atoms with Crippen molar-refractivity contribution in [2.45, 2.75) is 32.9 Å². The number of aliphatic hydroxyl groups is 1. The van der Waals surface area contributed by atoms with Crippen LogP contribution in [0.25, 0.3) is 0 Å². The van der Waals surface area contributed by atoms with Gasteiger partial charge in [0.15, 0.2) is 0 Å². The first kappa shape index (κ1) is 15.1. The highest BCUT2D eigenvalue weighted by atomic mass is 16.4. The van der Waals surface area contributed by atoms with E-state index in [1.54, 1.807) is 51.2 Å². The fourth-order valence-corrected chi connectivity index (χ4v) is 1.87. The van der Waals surface area contributed by atoms with E-state index < -0.39 is 6.10 Å². The molecule has 1 aromatic heterocycles. The van der Waals surface area contributed by atoms with Gasteiger partial charge in [-0.1, -0.05) is 12.1 Å². The maximum Gasteiger partial charge on any atom is 0.319 e. The Kier molecular flexibility index (Phi) is 4.59. The Morgan fingerprint density at radius 1 is 1.38 bits per heavy atom. The van der Waals surface area contributed by atoms with Crippen molar-refractivity contribution in [2.75, 3.05) is 5.32 Å². The van der Waals surface area contributed by atoms with Crippen LogP contribution >= 0.6 is 0 Å². The van der Waals surface area contributed by atoms with E-state index in [-0.39, 0.29) is 12.1 Å². The molecule has 0 spiro atoms. The van der Waals surface area contributed by atoms with Crippen LogP contribution in [-0.2, 0) is 0 Å². The van der Waals surface area contributed by atoms with Gasteiger partial charge in [-0.15, -0.1) is 0 Å². The zero-order valence-electron chi connectivity index (χ0n) is 12.3. The van der Waals surface area contributed by atoms with Crippen LogP contribution < -0.4 is 10.6 Å². The van der Waals surface area contributed by atoms with Gasteiger partial charge in [0.1, 0.15) is 11.8 Å². The summed E-state index contributed by atoms with van der Waals surface area (Å²) in [6.07, 6.45) is 1.03. The van der Waals surface area contributed by atoms with Gasteiger partial charge in [-0.05, 0) is 38.5 Å². The first-order chi connectivity index (χ1) is 9.95. The third-order valence-corrected chi connectivity index (χ3v) is 2.98. The number of aryl methyl sites for hydroxylation is 1. The van der Waals surface area contributed by atoms with E-state index >= 15 is 0 Å². The van der Waals surface area contributed by atoms with Gasteiger partial charge in [0.05, 0.1) is 12.3 Å². The molecule has 1 heterocycles. The van der Waals surface area contributed by atoms with Crippen LogP contribution in [0, 0.1) is 6.92 Å². The first-order valence-electron chi connectivity index (χ1n) is 6.73. The molecule has 2 amide bonds. The highest BCUT2D eigenvalue weighted by molar-refractivity contribution is 5.89. The summed E-state index contributed by atoms with van der Waals surface area (Å²) in [5.74, 6) is 1.16. The molecule has 112 valence electrons. The highest BCUT2D eigenvalue weighted by Crippen LogP contribution is 2.17. The molecule has 0 bridgehead atoms. The van der Waals surface area contributed by atoms with Gasteiger partial charge in [0, 0.05) is 5.69 Å². The molecule has 2 atom stereocenters. The molecule has 1 aromatic carbocycles. The molecular formula is C15H19N3O3. The molecule has 3 N–H and O–H groups in total. The topological polar surface area (TPSA) is 87.4 Å². The number of aliphatic hydroxyl groups excluding tert-OH is 1. The Bertz CT molecular complexity index is 622. The summed E-state index contributed by atoms with van der Waals surface area (Å²) >= 11 is 0. The number of rotatable bonds is 4. The second-order valence-corrected chi connectivity index (χ2v) is 4.93. The van der Waals surface area contributed by atoms with Crippen LogP contribution in [0.2, 0.25) is 0 Å². The Hall–Kier alpha value is -2.34. The number of amides is 2. The van der Waals surface area contributed by atoms with Crippen LogP contribution in [0.1, 0.15) is 43.2 Å². The fourth-order valence-electron chi connectivity index (χ4n) is 1.87. The van der Waals surface area contributed by atoms with Crippen LogP contribution in [0.4, 0.5) is 10.5 Å². The number of hydrogen-bond acceptors (Lipinski definition) is 4. The van der Waals surface area contributed by atoms with Crippen LogP contribution in [-0.4, -0.2) is 16.1 Å². The molecule has 0 aliphatic heterocycles. The van der Waals surface area contributed by atoms with E-state index in [0.717, 1.165) is 5.56 Å². The summed E-state index contributed by atoms with van der Waals surface area (Å²) in [7, 11) is 0. The van der Waals surface area contributed by atoms with Crippen LogP contribution in [0.3, 0.4) is 0 Å². The number of anilines is 1. The number of carbonyl (C=O) groups excluding carboxylic acids is 1. The summed E-state index contributed by atoms with van der Waals surface area (Å²) in [4.78, 5) is 16.0. The minimum Gasteiger partial charge on any atom is -0.444 e. The molecule has 0 aliphatic rings. The van der Waals surface area contributed by atoms with Crippen molar-refractivity contribution in [3.05, 3.63) is 47.7 Å². The van der Waals surface area contributed by atoms with Crippen LogP contribution in [0.5, 0.6) is 0 Å². The molecule has 6 nitrogen and oxygen atoms in total. The molecule has 0 radical (unpaired) electrons. The molecule has 0 saturated heterocycles. The molecule has 2 rings (SSSR count). The fraction of sp³-hybridized carbons (Fsp3) is 0.333. The van der Waals surface area contributed by atoms with Gasteiger partial charge in [-0.25, -0.2) is 9.78 Å². The van der Waals surface area contributed by atoms with Gasteiger partial charge >= 0.3 is 6.03 Å². The molecule has 6 heteroatoms. The molecule has 0 saturated carbocycles. The predicted octanol–water partition coefficient (Wildman–Crippen LogP) is 2.92. The summed E-state index contributed by atoms with van der Waals surface area (Å²) in [5.41, 5.74) is 1.35. The minimum atomic E-state index is -0.580. The highest BCUT2D eigenvalue weighted by Gasteiger charge is 2.14. The van der Waals surface area contributed by atoms with Crippen LogP contribution in [0.15, 0.2) is 34.9 Å². The normalized spacial score (nSPS) is 13.5. The summed E-state index contributed by atoms with van der Waals surface area (Å²) in [5, 5.41) is 15.0. The zero-order valence-corrected chi connectivity index (χ0v) is 12.3. The number of hydrogen-bond donors (Lipinski definition) is 3. The smallest absolute Gasteiger partial charge is 0.319 e. The van der Waals surface area contributed by atoms with E-state index in [4.69, 9.17) is 4.42 Å². The summed E-state index contributed by atoms with van der Waals surface area (Å²) < 4.78 is 5.36. The number of aromatic nitrogens is 1. The maximum atomic E-state index is 11.9. The maximum absolute atomic E-state index is 11.9. The minimum absolute atomic E-state index is 0.335.